The number of hydrogen-bond acceptors (Lipinski definition) is 3. The van der Waals surface area contributed by atoms with Crippen molar-refractivity contribution in [2.45, 2.75) is 12.8 Å². The first-order chi connectivity index (χ1) is 11.3. The average molecular weight is 307 g/mol. The smallest absolute Gasteiger partial charge is 0.321 e. The van der Waals surface area contributed by atoms with Gasteiger partial charge < -0.3 is 14.6 Å². The van der Waals surface area contributed by atoms with Gasteiger partial charge in [0.05, 0.1) is 0 Å². The van der Waals surface area contributed by atoms with Gasteiger partial charge in [-0.25, -0.2) is 9.78 Å². The predicted octanol–water partition coefficient (Wildman–Crippen LogP) is 4.12. The molecule has 3 aromatic rings. The third kappa shape index (κ3) is 2.77. The van der Waals surface area contributed by atoms with Crippen LogP contribution in [-0.2, 0) is 0 Å². The summed E-state index contributed by atoms with van der Waals surface area (Å²) >= 11 is 0. The van der Waals surface area contributed by atoms with Crippen LogP contribution in [0.15, 0.2) is 52.9 Å². The molecular formula is C18H17N3O2. The van der Waals surface area contributed by atoms with Gasteiger partial charge in [-0.2, -0.15) is 0 Å². The van der Waals surface area contributed by atoms with Gasteiger partial charge in [0, 0.05) is 24.3 Å². The van der Waals surface area contributed by atoms with Gasteiger partial charge in [-0.05, 0) is 43.2 Å². The van der Waals surface area contributed by atoms with E-state index in [-0.39, 0.29) is 6.03 Å². The third-order valence-corrected chi connectivity index (χ3v) is 4.05. The van der Waals surface area contributed by atoms with Gasteiger partial charge >= 0.3 is 6.03 Å². The van der Waals surface area contributed by atoms with Crippen molar-refractivity contribution in [1.29, 1.82) is 0 Å². The number of anilines is 1. The van der Waals surface area contributed by atoms with Crippen LogP contribution in [0.5, 0.6) is 0 Å². The van der Waals surface area contributed by atoms with Crippen LogP contribution in [0, 0.1) is 0 Å². The summed E-state index contributed by atoms with van der Waals surface area (Å²) in [6, 6.07) is 15.3. The third-order valence-electron chi connectivity index (χ3n) is 4.05. The van der Waals surface area contributed by atoms with Crippen LogP contribution in [0.4, 0.5) is 10.5 Å². The number of carbonyl (C=O) groups excluding carboxylic acids is 1. The number of likely N-dealkylation sites (tertiary alicyclic amines) is 1. The Labute approximate surface area is 133 Å². The highest BCUT2D eigenvalue weighted by Crippen LogP contribution is 2.26. The number of hydrogen-bond donors (Lipinski definition) is 1. The van der Waals surface area contributed by atoms with Gasteiger partial charge in [0.2, 0.25) is 5.89 Å². The van der Waals surface area contributed by atoms with Crippen molar-refractivity contribution in [1.82, 2.24) is 9.88 Å². The Morgan fingerprint density at radius 2 is 1.87 bits per heavy atom. The van der Waals surface area contributed by atoms with E-state index >= 15 is 0 Å². The summed E-state index contributed by atoms with van der Waals surface area (Å²) in [7, 11) is 0. The van der Waals surface area contributed by atoms with Crippen LogP contribution < -0.4 is 5.32 Å². The van der Waals surface area contributed by atoms with E-state index in [9.17, 15) is 4.79 Å². The highest BCUT2D eigenvalue weighted by molar-refractivity contribution is 5.92. The summed E-state index contributed by atoms with van der Waals surface area (Å²) in [5.41, 5.74) is 3.12. The Bertz CT molecular complexity index is 836. The highest BCUT2D eigenvalue weighted by Gasteiger charge is 2.18. The van der Waals surface area contributed by atoms with Crippen LogP contribution >= 0.6 is 0 Å². The molecule has 23 heavy (non-hydrogen) atoms. The fourth-order valence-corrected chi connectivity index (χ4v) is 2.83. The zero-order valence-electron chi connectivity index (χ0n) is 12.7. The van der Waals surface area contributed by atoms with E-state index in [0.717, 1.165) is 42.7 Å². The zero-order valence-corrected chi connectivity index (χ0v) is 12.7. The molecule has 0 radical (unpaired) electrons. The predicted molar refractivity (Wildman–Crippen MR) is 89.3 cm³/mol. The van der Waals surface area contributed by atoms with Gasteiger partial charge in [0.15, 0.2) is 5.58 Å². The number of nitrogens with one attached hydrogen (secondary N) is 1. The molecule has 2 heterocycles. The zero-order chi connectivity index (χ0) is 15.6. The molecule has 1 aliphatic rings. The largest absolute Gasteiger partial charge is 0.436 e. The molecule has 0 saturated carbocycles. The second-order valence-corrected chi connectivity index (χ2v) is 5.69. The Morgan fingerprint density at radius 3 is 2.65 bits per heavy atom. The van der Waals surface area contributed by atoms with Crippen LogP contribution in [0.1, 0.15) is 12.8 Å². The summed E-state index contributed by atoms with van der Waals surface area (Å²) in [5.74, 6) is 0.587. The van der Waals surface area contributed by atoms with Crippen LogP contribution in [0.25, 0.3) is 22.6 Å². The molecule has 0 unspecified atom stereocenters. The number of carbonyl (C=O) groups is 1. The monoisotopic (exact) mass is 307 g/mol. The average Bonchev–Trinajstić information content (AvgIpc) is 3.25. The Morgan fingerprint density at radius 1 is 1.09 bits per heavy atom. The summed E-state index contributed by atoms with van der Waals surface area (Å²) in [6.45, 7) is 1.66. The lowest BCUT2D eigenvalue weighted by atomic mass is 10.2. The molecule has 5 heteroatoms. The minimum Gasteiger partial charge on any atom is -0.436 e. The van der Waals surface area contributed by atoms with Gasteiger partial charge in [0.25, 0.3) is 0 Å². The number of aromatic nitrogens is 1. The topological polar surface area (TPSA) is 58.4 Å². The maximum atomic E-state index is 12.1. The van der Waals surface area contributed by atoms with E-state index in [2.05, 4.69) is 10.3 Å². The molecule has 1 aromatic heterocycles. The Balaban J connectivity index is 1.59. The Kier molecular flexibility index (Phi) is 3.46. The SMILES string of the molecule is O=C(Nc1ccc2oc(-c3ccccc3)nc2c1)N1CCCC1. The van der Waals surface area contributed by atoms with Gasteiger partial charge in [-0.15, -0.1) is 0 Å². The number of amides is 2. The number of rotatable bonds is 2. The lowest BCUT2D eigenvalue weighted by Crippen LogP contribution is -2.32. The lowest BCUT2D eigenvalue weighted by molar-refractivity contribution is 0.222. The molecule has 0 bridgehead atoms. The molecule has 0 aliphatic carbocycles. The van der Waals surface area contributed by atoms with Crippen LogP contribution in [-0.4, -0.2) is 29.0 Å². The fourth-order valence-electron chi connectivity index (χ4n) is 2.83. The van der Waals surface area contributed by atoms with E-state index in [1.165, 1.54) is 0 Å². The van der Waals surface area contributed by atoms with E-state index in [0.29, 0.717) is 11.5 Å². The number of benzene rings is 2. The molecule has 1 aliphatic heterocycles. The molecule has 116 valence electrons. The number of fused-ring (bicyclic) bond motifs is 1. The molecule has 1 N–H and O–H groups in total. The van der Waals surface area contributed by atoms with Crippen molar-refractivity contribution in [3.05, 3.63) is 48.5 Å². The van der Waals surface area contributed by atoms with Crippen molar-refractivity contribution in [3.63, 3.8) is 0 Å². The highest BCUT2D eigenvalue weighted by atomic mass is 16.3. The molecular weight excluding hydrogens is 290 g/mol. The molecule has 0 spiro atoms. The van der Waals surface area contributed by atoms with Crippen molar-refractivity contribution in [2.24, 2.45) is 0 Å². The fraction of sp³-hybridized carbons (Fsp3) is 0.222. The van der Waals surface area contributed by atoms with Gasteiger partial charge in [-0.3, -0.25) is 0 Å². The first kappa shape index (κ1) is 13.8. The second-order valence-electron chi connectivity index (χ2n) is 5.69. The molecule has 2 amide bonds. The molecule has 5 nitrogen and oxygen atoms in total. The van der Waals surface area contributed by atoms with Crippen molar-refractivity contribution >= 4 is 22.8 Å². The van der Waals surface area contributed by atoms with Crippen molar-refractivity contribution in [2.75, 3.05) is 18.4 Å². The lowest BCUT2D eigenvalue weighted by Gasteiger charge is -2.15. The maximum Gasteiger partial charge on any atom is 0.321 e. The van der Waals surface area contributed by atoms with E-state index in [1.807, 2.05) is 53.4 Å². The minimum absolute atomic E-state index is 0.0476. The first-order valence-electron chi connectivity index (χ1n) is 7.81. The van der Waals surface area contributed by atoms with E-state index in [4.69, 9.17) is 4.42 Å². The quantitative estimate of drug-likeness (QED) is 0.774. The first-order valence-corrected chi connectivity index (χ1v) is 7.81. The summed E-state index contributed by atoms with van der Waals surface area (Å²) < 4.78 is 5.78. The van der Waals surface area contributed by atoms with Gasteiger partial charge in [0.1, 0.15) is 5.52 Å². The summed E-state index contributed by atoms with van der Waals surface area (Å²) in [5, 5.41) is 2.93. The molecule has 1 saturated heterocycles. The van der Waals surface area contributed by atoms with Crippen LogP contribution in [0.3, 0.4) is 0 Å². The number of oxazole rings is 1. The Hall–Kier alpha value is -2.82. The summed E-state index contributed by atoms with van der Waals surface area (Å²) in [4.78, 5) is 18.5. The molecule has 1 fully saturated rings. The van der Waals surface area contributed by atoms with Gasteiger partial charge in [-0.1, -0.05) is 18.2 Å². The minimum atomic E-state index is -0.0476. The van der Waals surface area contributed by atoms with Crippen LogP contribution in [0.2, 0.25) is 0 Å². The standard InChI is InChI=1S/C18H17N3O2/c22-18(21-10-4-5-11-21)19-14-8-9-16-15(12-14)20-17(23-16)13-6-2-1-3-7-13/h1-3,6-9,12H,4-5,10-11H2,(H,19,22). The van der Waals surface area contributed by atoms with E-state index in [1.54, 1.807) is 0 Å². The normalized spacial score (nSPS) is 14.3. The number of nitrogens with zero attached hydrogens (tertiary/aromatic N) is 2. The van der Waals surface area contributed by atoms with Crippen molar-refractivity contribution in [3.8, 4) is 11.5 Å². The molecule has 2 aromatic carbocycles. The van der Waals surface area contributed by atoms with E-state index < -0.39 is 0 Å². The maximum absolute atomic E-state index is 12.1. The second kappa shape index (κ2) is 5.76. The molecule has 4 rings (SSSR count). The van der Waals surface area contributed by atoms with Crippen molar-refractivity contribution < 1.29 is 9.21 Å². The number of urea groups is 1. The summed E-state index contributed by atoms with van der Waals surface area (Å²) in [6.07, 6.45) is 2.16. The molecule has 0 atom stereocenters.